The molecular formula is C15H12N2O2S2. The summed E-state index contributed by atoms with van der Waals surface area (Å²) < 4.78 is 5.10. The van der Waals surface area contributed by atoms with E-state index >= 15 is 0 Å². The van der Waals surface area contributed by atoms with Crippen LogP contribution in [0.1, 0.15) is 4.88 Å². The fraction of sp³-hybridized carbons (Fsp3) is 0.0667. The minimum Gasteiger partial charge on any atom is -0.497 e. The number of nitrogens with zero attached hydrogens (tertiary/aromatic N) is 1. The normalized spacial score (nSPS) is 18.2. The molecule has 0 spiro atoms. The Labute approximate surface area is 130 Å². The lowest BCUT2D eigenvalue weighted by Crippen LogP contribution is -2.19. The Balaban J connectivity index is 1.78. The van der Waals surface area contributed by atoms with Gasteiger partial charge in [0.25, 0.3) is 5.91 Å². The quantitative estimate of drug-likeness (QED) is 0.879. The van der Waals surface area contributed by atoms with E-state index in [1.165, 1.54) is 11.8 Å². The van der Waals surface area contributed by atoms with E-state index in [-0.39, 0.29) is 5.91 Å². The molecule has 106 valence electrons. The van der Waals surface area contributed by atoms with Gasteiger partial charge in [0.2, 0.25) is 0 Å². The molecule has 1 aliphatic heterocycles. The highest BCUT2D eigenvalue weighted by Gasteiger charge is 2.23. The van der Waals surface area contributed by atoms with Crippen molar-refractivity contribution in [3.63, 3.8) is 0 Å². The summed E-state index contributed by atoms with van der Waals surface area (Å²) in [5.41, 5.74) is 0.774. The third kappa shape index (κ3) is 3.34. The predicted molar refractivity (Wildman–Crippen MR) is 88.1 cm³/mol. The first-order valence-electron chi connectivity index (χ1n) is 6.22. The van der Waals surface area contributed by atoms with Gasteiger partial charge in [0.15, 0.2) is 5.17 Å². The Morgan fingerprint density at radius 2 is 2.05 bits per heavy atom. The smallest absolute Gasteiger partial charge is 0.264 e. The number of rotatable bonds is 3. The van der Waals surface area contributed by atoms with Gasteiger partial charge >= 0.3 is 0 Å². The minimum absolute atomic E-state index is 0.110. The lowest BCUT2D eigenvalue weighted by Gasteiger charge is -1.99. The molecule has 0 bridgehead atoms. The van der Waals surface area contributed by atoms with Gasteiger partial charge in [-0.05, 0) is 53.5 Å². The van der Waals surface area contributed by atoms with Crippen LogP contribution in [0.2, 0.25) is 0 Å². The van der Waals surface area contributed by atoms with Crippen LogP contribution in [0.5, 0.6) is 5.75 Å². The molecule has 4 nitrogen and oxygen atoms in total. The van der Waals surface area contributed by atoms with E-state index in [0.29, 0.717) is 10.1 Å². The number of amidine groups is 1. The summed E-state index contributed by atoms with van der Waals surface area (Å²) in [6, 6.07) is 11.3. The standard InChI is InChI=1S/C15H12N2O2S2/c1-19-11-6-4-10(5-7-11)16-15-17-14(18)13(21-15)9-12-3-2-8-20-12/h2-9H,1H3,(H,16,17,18). The number of thioether (sulfide) groups is 1. The number of thiophene rings is 1. The zero-order valence-electron chi connectivity index (χ0n) is 11.2. The number of carbonyl (C=O) groups is 1. The van der Waals surface area contributed by atoms with Crippen LogP contribution in [0.25, 0.3) is 6.08 Å². The Morgan fingerprint density at radius 3 is 2.71 bits per heavy atom. The van der Waals surface area contributed by atoms with E-state index in [0.717, 1.165) is 16.3 Å². The van der Waals surface area contributed by atoms with Crippen LogP contribution < -0.4 is 10.1 Å². The summed E-state index contributed by atoms with van der Waals surface area (Å²) in [6.45, 7) is 0. The molecule has 0 atom stereocenters. The van der Waals surface area contributed by atoms with Gasteiger partial charge in [-0.3, -0.25) is 4.79 Å². The summed E-state index contributed by atoms with van der Waals surface area (Å²) in [5.74, 6) is 0.668. The van der Waals surface area contributed by atoms with Crippen molar-refractivity contribution in [2.75, 3.05) is 7.11 Å². The van der Waals surface area contributed by atoms with Gasteiger partial charge in [0.05, 0.1) is 17.7 Å². The maximum absolute atomic E-state index is 11.9. The van der Waals surface area contributed by atoms with E-state index in [1.54, 1.807) is 18.4 Å². The van der Waals surface area contributed by atoms with Gasteiger partial charge < -0.3 is 10.1 Å². The molecule has 2 heterocycles. The fourth-order valence-corrected chi connectivity index (χ4v) is 3.32. The van der Waals surface area contributed by atoms with E-state index < -0.39 is 0 Å². The third-order valence-electron chi connectivity index (χ3n) is 2.77. The van der Waals surface area contributed by atoms with Crippen molar-refractivity contribution in [3.8, 4) is 5.75 Å². The molecule has 0 radical (unpaired) electrons. The largest absolute Gasteiger partial charge is 0.497 e. The van der Waals surface area contributed by atoms with Crippen LogP contribution in [0.3, 0.4) is 0 Å². The SMILES string of the molecule is COc1ccc(N=C2NC(=O)C(=Cc3cccs3)S2)cc1. The van der Waals surface area contributed by atoms with E-state index in [4.69, 9.17) is 4.74 Å². The Morgan fingerprint density at radius 1 is 1.24 bits per heavy atom. The molecule has 21 heavy (non-hydrogen) atoms. The van der Waals surface area contributed by atoms with Gasteiger partial charge in [0, 0.05) is 4.88 Å². The molecule has 1 saturated heterocycles. The Kier molecular flexibility index (Phi) is 4.08. The molecule has 1 amide bonds. The van der Waals surface area contributed by atoms with Crippen molar-refractivity contribution in [3.05, 3.63) is 51.6 Å². The van der Waals surface area contributed by atoms with Crippen LogP contribution in [0, 0.1) is 0 Å². The van der Waals surface area contributed by atoms with Crippen molar-refractivity contribution in [2.24, 2.45) is 4.99 Å². The molecule has 6 heteroatoms. The van der Waals surface area contributed by atoms with Crippen LogP contribution in [0.4, 0.5) is 5.69 Å². The van der Waals surface area contributed by atoms with E-state index in [9.17, 15) is 4.79 Å². The number of hydrogen-bond donors (Lipinski definition) is 1. The molecule has 1 N–H and O–H groups in total. The first-order chi connectivity index (χ1) is 10.2. The summed E-state index contributed by atoms with van der Waals surface area (Å²) >= 11 is 2.95. The topological polar surface area (TPSA) is 50.7 Å². The monoisotopic (exact) mass is 316 g/mol. The van der Waals surface area contributed by atoms with Gasteiger partial charge in [0.1, 0.15) is 5.75 Å². The zero-order chi connectivity index (χ0) is 14.7. The maximum atomic E-state index is 11.9. The second kappa shape index (κ2) is 6.15. The van der Waals surface area contributed by atoms with E-state index in [1.807, 2.05) is 47.9 Å². The number of amides is 1. The first-order valence-corrected chi connectivity index (χ1v) is 7.91. The zero-order valence-corrected chi connectivity index (χ0v) is 12.8. The number of carbonyl (C=O) groups excluding carboxylic acids is 1. The van der Waals surface area contributed by atoms with E-state index in [2.05, 4.69) is 10.3 Å². The number of benzene rings is 1. The average Bonchev–Trinajstić information content (AvgIpc) is 3.11. The van der Waals surface area contributed by atoms with Crippen molar-refractivity contribution < 1.29 is 9.53 Å². The van der Waals surface area contributed by atoms with Crippen molar-refractivity contribution >= 4 is 45.9 Å². The predicted octanol–water partition coefficient (Wildman–Crippen LogP) is 3.65. The highest BCUT2D eigenvalue weighted by molar-refractivity contribution is 8.18. The van der Waals surface area contributed by atoms with Crippen LogP contribution in [-0.4, -0.2) is 18.2 Å². The fourth-order valence-electron chi connectivity index (χ4n) is 1.76. The molecule has 1 fully saturated rings. The number of aliphatic imine (C=N–C) groups is 1. The lowest BCUT2D eigenvalue weighted by atomic mass is 10.3. The molecule has 0 saturated carbocycles. The summed E-state index contributed by atoms with van der Waals surface area (Å²) in [6.07, 6.45) is 1.88. The Bertz CT molecular complexity index is 704. The third-order valence-corrected chi connectivity index (χ3v) is 4.50. The summed E-state index contributed by atoms with van der Waals surface area (Å²) in [4.78, 5) is 18.0. The second-order valence-electron chi connectivity index (χ2n) is 4.20. The molecule has 0 unspecified atom stereocenters. The van der Waals surface area contributed by atoms with Crippen LogP contribution in [-0.2, 0) is 4.79 Å². The van der Waals surface area contributed by atoms with Crippen molar-refractivity contribution in [2.45, 2.75) is 0 Å². The number of ether oxygens (including phenoxy) is 1. The molecule has 1 aliphatic rings. The highest BCUT2D eigenvalue weighted by atomic mass is 32.2. The van der Waals surface area contributed by atoms with Gasteiger partial charge in [-0.15, -0.1) is 11.3 Å². The molecule has 1 aromatic carbocycles. The number of methoxy groups -OCH3 is 1. The molecule has 2 aromatic rings. The second-order valence-corrected chi connectivity index (χ2v) is 6.21. The molecule has 1 aromatic heterocycles. The van der Waals surface area contributed by atoms with Crippen LogP contribution >= 0.6 is 23.1 Å². The Hall–Kier alpha value is -2.05. The molecule has 3 rings (SSSR count). The van der Waals surface area contributed by atoms with Crippen LogP contribution in [0.15, 0.2) is 51.7 Å². The van der Waals surface area contributed by atoms with Crippen molar-refractivity contribution in [1.29, 1.82) is 0 Å². The number of hydrogen-bond acceptors (Lipinski definition) is 5. The highest BCUT2D eigenvalue weighted by Crippen LogP contribution is 2.29. The summed E-state index contributed by atoms with van der Waals surface area (Å²) in [5, 5.41) is 5.35. The molecular weight excluding hydrogens is 304 g/mol. The summed E-state index contributed by atoms with van der Waals surface area (Å²) in [7, 11) is 1.62. The average molecular weight is 316 g/mol. The first kappa shape index (κ1) is 13.9. The lowest BCUT2D eigenvalue weighted by molar-refractivity contribution is -0.115. The van der Waals surface area contributed by atoms with Gasteiger partial charge in [-0.2, -0.15) is 0 Å². The molecule has 0 aliphatic carbocycles. The van der Waals surface area contributed by atoms with Gasteiger partial charge in [-0.25, -0.2) is 4.99 Å². The van der Waals surface area contributed by atoms with Crippen molar-refractivity contribution in [1.82, 2.24) is 5.32 Å². The number of nitrogens with one attached hydrogen (secondary N) is 1. The van der Waals surface area contributed by atoms with Gasteiger partial charge in [-0.1, -0.05) is 6.07 Å². The maximum Gasteiger partial charge on any atom is 0.264 e. The minimum atomic E-state index is -0.110.